The quantitative estimate of drug-likeness (QED) is 0.747. The van der Waals surface area contributed by atoms with Crippen LogP contribution in [0.4, 0.5) is 4.39 Å². The van der Waals surface area contributed by atoms with Crippen molar-refractivity contribution >= 4 is 5.91 Å². The van der Waals surface area contributed by atoms with Crippen LogP contribution < -0.4 is 0 Å². The van der Waals surface area contributed by atoms with Gasteiger partial charge in [0.2, 0.25) is 0 Å². The monoisotopic (exact) mass is 247 g/mol. The molecule has 18 heavy (non-hydrogen) atoms. The average molecular weight is 247 g/mol. The third kappa shape index (κ3) is 1.82. The summed E-state index contributed by atoms with van der Waals surface area (Å²) in [5.74, 6) is 0.814. The summed E-state index contributed by atoms with van der Waals surface area (Å²) in [6.07, 6.45) is 3.74. The maximum absolute atomic E-state index is 13.9. The number of halogens is 1. The second kappa shape index (κ2) is 4.38. The van der Waals surface area contributed by atoms with Crippen LogP contribution >= 0.6 is 0 Å². The van der Waals surface area contributed by atoms with Crippen molar-refractivity contribution in [3.8, 4) is 0 Å². The number of benzene rings is 1. The number of nitrogens with zero attached hydrogens (tertiary/aromatic N) is 1. The predicted molar refractivity (Wildman–Crippen MR) is 67.9 cm³/mol. The number of hydrogen-bond acceptors (Lipinski definition) is 1. The van der Waals surface area contributed by atoms with Gasteiger partial charge in [-0.15, -0.1) is 0 Å². The maximum Gasteiger partial charge on any atom is 0.256 e. The van der Waals surface area contributed by atoms with Crippen molar-refractivity contribution in [3.63, 3.8) is 0 Å². The Balaban J connectivity index is 1.81. The van der Waals surface area contributed by atoms with E-state index in [9.17, 15) is 9.18 Å². The number of carbonyl (C=O) groups excluding carboxylic acids is 1. The van der Waals surface area contributed by atoms with E-state index in [0.29, 0.717) is 17.4 Å². The SMILES string of the molecule is Cc1cccc(C(=O)N2CC3CCCC3C2)c1F. The highest BCUT2D eigenvalue weighted by atomic mass is 19.1. The van der Waals surface area contributed by atoms with Gasteiger partial charge >= 0.3 is 0 Å². The van der Waals surface area contributed by atoms with Gasteiger partial charge < -0.3 is 4.90 Å². The summed E-state index contributed by atoms with van der Waals surface area (Å²) < 4.78 is 13.9. The van der Waals surface area contributed by atoms with E-state index in [0.717, 1.165) is 13.1 Å². The van der Waals surface area contributed by atoms with E-state index in [2.05, 4.69) is 0 Å². The van der Waals surface area contributed by atoms with Crippen LogP contribution in [0.3, 0.4) is 0 Å². The minimum absolute atomic E-state index is 0.134. The molecule has 2 nitrogen and oxygen atoms in total. The highest BCUT2D eigenvalue weighted by Crippen LogP contribution is 2.38. The zero-order valence-corrected chi connectivity index (χ0v) is 10.7. The zero-order chi connectivity index (χ0) is 12.7. The molecule has 1 aromatic carbocycles. The Bertz CT molecular complexity index is 473. The van der Waals surface area contributed by atoms with Gasteiger partial charge in [-0.05, 0) is 43.2 Å². The Hall–Kier alpha value is -1.38. The van der Waals surface area contributed by atoms with Crippen LogP contribution in [-0.2, 0) is 0 Å². The molecule has 1 aliphatic heterocycles. The van der Waals surface area contributed by atoms with E-state index in [-0.39, 0.29) is 17.3 Å². The van der Waals surface area contributed by atoms with Crippen LogP contribution in [0, 0.1) is 24.6 Å². The predicted octanol–water partition coefficient (Wildman–Crippen LogP) is 3.01. The summed E-state index contributed by atoms with van der Waals surface area (Å²) >= 11 is 0. The van der Waals surface area contributed by atoms with Crippen molar-refractivity contribution in [3.05, 3.63) is 35.1 Å². The van der Waals surface area contributed by atoms with Crippen LogP contribution in [0.15, 0.2) is 18.2 Å². The minimum atomic E-state index is -0.362. The molecule has 1 heterocycles. The Labute approximate surface area is 107 Å². The lowest BCUT2D eigenvalue weighted by molar-refractivity contribution is 0.0776. The lowest BCUT2D eigenvalue weighted by Gasteiger charge is -2.18. The zero-order valence-electron chi connectivity index (χ0n) is 10.7. The van der Waals surface area contributed by atoms with Crippen molar-refractivity contribution in [2.75, 3.05) is 13.1 Å². The molecule has 2 atom stereocenters. The van der Waals surface area contributed by atoms with Crippen molar-refractivity contribution in [1.82, 2.24) is 4.90 Å². The Morgan fingerprint density at radius 3 is 2.61 bits per heavy atom. The molecule has 0 bridgehead atoms. The number of hydrogen-bond donors (Lipinski definition) is 0. The fraction of sp³-hybridized carbons (Fsp3) is 0.533. The fourth-order valence-corrected chi connectivity index (χ4v) is 3.38. The molecule has 2 fully saturated rings. The third-order valence-corrected chi connectivity index (χ3v) is 4.44. The molecule has 0 aromatic heterocycles. The summed E-state index contributed by atoms with van der Waals surface area (Å²) in [4.78, 5) is 14.2. The van der Waals surface area contributed by atoms with Crippen molar-refractivity contribution < 1.29 is 9.18 Å². The summed E-state index contributed by atoms with van der Waals surface area (Å²) in [5, 5.41) is 0. The van der Waals surface area contributed by atoms with Crippen molar-refractivity contribution in [2.45, 2.75) is 26.2 Å². The van der Waals surface area contributed by atoms with Gasteiger partial charge in [-0.2, -0.15) is 0 Å². The molecule has 3 heteroatoms. The van der Waals surface area contributed by atoms with Gasteiger partial charge in [0.1, 0.15) is 5.82 Å². The largest absolute Gasteiger partial charge is 0.338 e. The Kier molecular flexibility index (Phi) is 2.84. The van der Waals surface area contributed by atoms with E-state index in [4.69, 9.17) is 0 Å². The first-order chi connectivity index (χ1) is 8.66. The van der Waals surface area contributed by atoms with Crippen LogP contribution in [0.2, 0.25) is 0 Å². The molecule has 2 aliphatic rings. The number of rotatable bonds is 1. The summed E-state index contributed by atoms with van der Waals surface area (Å²) in [6, 6.07) is 5.05. The normalized spacial score (nSPS) is 26.4. The van der Waals surface area contributed by atoms with E-state index in [1.54, 1.807) is 25.1 Å². The van der Waals surface area contributed by atoms with Crippen LogP contribution in [0.1, 0.15) is 35.2 Å². The number of aryl methyl sites for hydroxylation is 1. The molecule has 1 saturated heterocycles. The van der Waals surface area contributed by atoms with Crippen LogP contribution in [0.5, 0.6) is 0 Å². The van der Waals surface area contributed by atoms with Gasteiger partial charge in [-0.1, -0.05) is 18.6 Å². The lowest BCUT2D eigenvalue weighted by Crippen LogP contribution is -2.30. The summed E-state index contributed by atoms with van der Waals surface area (Å²) in [5.41, 5.74) is 0.773. The molecule has 1 aromatic rings. The average Bonchev–Trinajstić information content (AvgIpc) is 2.92. The molecule has 3 rings (SSSR count). The second-order valence-corrected chi connectivity index (χ2v) is 5.60. The van der Waals surface area contributed by atoms with Crippen LogP contribution in [0.25, 0.3) is 0 Å². The second-order valence-electron chi connectivity index (χ2n) is 5.60. The molecular formula is C15H18FNO. The highest BCUT2D eigenvalue weighted by Gasteiger charge is 2.38. The fourth-order valence-electron chi connectivity index (χ4n) is 3.38. The summed E-state index contributed by atoms with van der Waals surface area (Å²) in [7, 11) is 0. The lowest BCUT2D eigenvalue weighted by atomic mass is 10.0. The van der Waals surface area contributed by atoms with Crippen molar-refractivity contribution in [1.29, 1.82) is 0 Å². The van der Waals surface area contributed by atoms with E-state index >= 15 is 0 Å². The first kappa shape index (κ1) is 11.7. The highest BCUT2D eigenvalue weighted by molar-refractivity contribution is 5.94. The Morgan fingerprint density at radius 2 is 1.94 bits per heavy atom. The van der Waals surface area contributed by atoms with E-state index < -0.39 is 0 Å². The molecule has 0 N–H and O–H groups in total. The molecule has 1 amide bonds. The van der Waals surface area contributed by atoms with Gasteiger partial charge in [0, 0.05) is 13.1 Å². The topological polar surface area (TPSA) is 20.3 Å². The van der Waals surface area contributed by atoms with Gasteiger partial charge in [-0.25, -0.2) is 4.39 Å². The number of fused-ring (bicyclic) bond motifs is 1. The standard InChI is InChI=1S/C15H18FNO/c1-10-4-2-7-13(14(10)16)15(18)17-8-11-5-3-6-12(11)9-17/h2,4,7,11-12H,3,5-6,8-9H2,1H3. The van der Waals surface area contributed by atoms with E-state index in [1.807, 2.05) is 4.90 Å². The maximum atomic E-state index is 13.9. The smallest absolute Gasteiger partial charge is 0.256 e. The number of likely N-dealkylation sites (tertiary alicyclic amines) is 1. The van der Waals surface area contributed by atoms with Crippen molar-refractivity contribution in [2.24, 2.45) is 11.8 Å². The molecule has 1 saturated carbocycles. The number of amides is 1. The molecule has 1 aliphatic carbocycles. The molecule has 0 spiro atoms. The first-order valence-corrected chi connectivity index (χ1v) is 6.71. The first-order valence-electron chi connectivity index (χ1n) is 6.71. The van der Waals surface area contributed by atoms with Gasteiger partial charge in [0.25, 0.3) is 5.91 Å². The number of carbonyl (C=O) groups is 1. The van der Waals surface area contributed by atoms with Gasteiger partial charge in [0.05, 0.1) is 5.56 Å². The molecule has 96 valence electrons. The molecule has 2 unspecified atom stereocenters. The minimum Gasteiger partial charge on any atom is -0.338 e. The third-order valence-electron chi connectivity index (χ3n) is 4.44. The molecule has 0 radical (unpaired) electrons. The molecular weight excluding hydrogens is 229 g/mol. The van der Waals surface area contributed by atoms with E-state index in [1.165, 1.54) is 19.3 Å². The van der Waals surface area contributed by atoms with Crippen LogP contribution in [-0.4, -0.2) is 23.9 Å². The summed E-state index contributed by atoms with van der Waals surface area (Å²) in [6.45, 7) is 3.33. The van der Waals surface area contributed by atoms with Gasteiger partial charge in [-0.3, -0.25) is 4.79 Å². The van der Waals surface area contributed by atoms with Gasteiger partial charge in [0.15, 0.2) is 0 Å². The Morgan fingerprint density at radius 1 is 1.28 bits per heavy atom.